The van der Waals surface area contributed by atoms with Gasteiger partial charge in [0.15, 0.2) is 5.78 Å². The van der Waals surface area contributed by atoms with Gasteiger partial charge in [0.05, 0.1) is 25.7 Å². The van der Waals surface area contributed by atoms with E-state index in [0.29, 0.717) is 17.7 Å². The van der Waals surface area contributed by atoms with E-state index in [9.17, 15) is 72.5 Å². The van der Waals surface area contributed by atoms with E-state index in [0.717, 1.165) is 14.7 Å². The molecule has 0 aliphatic carbocycles. The van der Waals surface area contributed by atoms with Gasteiger partial charge in [-0.2, -0.15) is 0 Å². The molecule has 0 radical (unpaired) electrons. The van der Waals surface area contributed by atoms with Gasteiger partial charge in [-0.1, -0.05) is 27.7 Å². The zero-order valence-electron chi connectivity index (χ0n) is 38.4. The van der Waals surface area contributed by atoms with Crippen LogP contribution in [0.25, 0.3) is 0 Å². The van der Waals surface area contributed by atoms with Crippen molar-refractivity contribution >= 4 is 77.4 Å². The lowest BCUT2D eigenvalue weighted by Gasteiger charge is -2.30. The summed E-state index contributed by atoms with van der Waals surface area (Å²) in [6.07, 6.45) is -3.04. The number of carbonyl (C=O) groups excluding carboxylic acids is 11. The normalized spacial score (nSPS) is 13.0. The Morgan fingerprint density at radius 3 is 1.36 bits per heavy atom. The van der Waals surface area contributed by atoms with Gasteiger partial charge < -0.3 is 69.5 Å². The predicted molar refractivity (Wildman–Crippen MR) is 235 cm³/mol. The number of carboxylic acids is 1. The number of hydrogen-bond acceptors (Lipinski definition) is 14. The van der Waals surface area contributed by atoms with Gasteiger partial charge in [0.1, 0.15) is 19.4 Å². The van der Waals surface area contributed by atoms with E-state index in [2.05, 4.69) is 16.0 Å². The Labute approximate surface area is 387 Å². The number of nitrogens with two attached hydrogens (primary N) is 5. The van der Waals surface area contributed by atoms with Crippen molar-refractivity contribution in [3.8, 4) is 0 Å². The maximum Gasteiger partial charge on any atom is 0.407 e. The minimum Gasteiger partial charge on any atom is -0.480 e. The topological polar surface area (TPSA) is 442 Å². The number of aliphatic carboxylic acids is 1. The van der Waals surface area contributed by atoms with Gasteiger partial charge in [-0.3, -0.25) is 62.4 Å². The molecule has 1 unspecified atom stereocenters. The van der Waals surface area contributed by atoms with Gasteiger partial charge in [0.25, 0.3) is 0 Å². The lowest BCUT2D eigenvalue weighted by molar-refractivity contribution is -0.140. The molecular weight excluding hydrogens is 889 g/mol. The first-order valence-electron chi connectivity index (χ1n) is 21.4. The number of primary amides is 4. The summed E-state index contributed by atoms with van der Waals surface area (Å²) in [7, 11) is 0. The van der Waals surface area contributed by atoms with Crippen molar-refractivity contribution in [2.75, 3.05) is 52.4 Å². The summed E-state index contributed by atoms with van der Waals surface area (Å²) >= 11 is 0. The fourth-order valence-corrected chi connectivity index (χ4v) is 6.40. The highest BCUT2D eigenvalue weighted by atomic mass is 16.4. The molecule has 27 nitrogen and oxygen atoms in total. The fraction of sp³-hybridized carbons (Fsp3) is 0.675. The molecule has 0 heterocycles. The number of nitrogens with one attached hydrogen (secondary N) is 3. The summed E-state index contributed by atoms with van der Waals surface area (Å²) in [6, 6.07) is -4.43. The standard InChI is InChI=1S/C40H68N12O15/c1-5-24(4)39(65)28(41)17-51(37(62)13-32(45)57)20-35(60)46-25(8-10-29(42)54)14-49(22-53)18-33(58)47-27(9-11-30(43)55)15-50(36(61)12-31(44)56)19-34(59)48-26(7-6-23(2)3)16-52(40(66)67)21-38(63)64/h22-28H,5-21,41H2,1-4H3,(H2,42,54)(H2,43,55)(H2,44,56)(H2,45,57)(H,46,60)(H,47,58)(H,48,59)(H,63,64)(H,66,67)/t24?,25-,26-,27-,28+/m0/s1. The summed E-state index contributed by atoms with van der Waals surface area (Å²) < 4.78 is 0. The third-order valence-corrected chi connectivity index (χ3v) is 10.0. The maximum absolute atomic E-state index is 13.5. The number of nitrogens with zero attached hydrogens (tertiary/aromatic N) is 4. The Hall–Kier alpha value is -6.93. The number of rotatable bonds is 36. The maximum atomic E-state index is 13.5. The Morgan fingerprint density at radius 2 is 0.970 bits per heavy atom. The molecular formula is C40H68N12O15. The molecule has 0 aliphatic heterocycles. The molecule has 67 heavy (non-hydrogen) atoms. The summed E-state index contributed by atoms with van der Waals surface area (Å²) in [4.78, 5) is 164. The molecule has 0 bridgehead atoms. The Balaban J connectivity index is 6.41. The van der Waals surface area contributed by atoms with Crippen LogP contribution >= 0.6 is 0 Å². The van der Waals surface area contributed by atoms with E-state index in [4.69, 9.17) is 28.7 Å². The van der Waals surface area contributed by atoms with Gasteiger partial charge in [0.2, 0.25) is 59.6 Å². The highest BCUT2D eigenvalue weighted by molar-refractivity contribution is 5.98. The van der Waals surface area contributed by atoms with Gasteiger partial charge in [0, 0.05) is 63.1 Å². The van der Waals surface area contributed by atoms with E-state index >= 15 is 0 Å². The van der Waals surface area contributed by atoms with Crippen molar-refractivity contribution in [3.05, 3.63) is 0 Å². The van der Waals surface area contributed by atoms with Crippen LogP contribution in [-0.4, -0.2) is 184 Å². The van der Waals surface area contributed by atoms with Gasteiger partial charge >= 0.3 is 12.1 Å². The van der Waals surface area contributed by atoms with E-state index in [-0.39, 0.29) is 44.4 Å². The second kappa shape index (κ2) is 31.1. The second-order valence-electron chi connectivity index (χ2n) is 16.5. The van der Waals surface area contributed by atoms with Crippen molar-refractivity contribution in [1.29, 1.82) is 0 Å². The Morgan fingerprint density at radius 1 is 0.552 bits per heavy atom. The highest BCUT2D eigenvalue weighted by Crippen LogP contribution is 2.11. The predicted octanol–water partition coefficient (Wildman–Crippen LogP) is -4.72. The minimum absolute atomic E-state index is 0.0851. The zero-order valence-corrected chi connectivity index (χ0v) is 38.4. The number of Topliss-reactive ketones (excluding diaryl/α,β-unsaturated/α-hetero) is 1. The van der Waals surface area contributed by atoms with Crippen LogP contribution in [0, 0.1) is 11.8 Å². The van der Waals surface area contributed by atoms with Crippen LogP contribution in [0.1, 0.15) is 85.5 Å². The molecule has 0 aliphatic rings. The third-order valence-electron chi connectivity index (χ3n) is 10.0. The molecule has 15 N–H and O–H groups in total. The quantitative estimate of drug-likeness (QED) is 0.0208. The largest absolute Gasteiger partial charge is 0.480 e. The molecule has 5 atom stereocenters. The summed E-state index contributed by atoms with van der Waals surface area (Å²) in [5, 5.41) is 26.4. The van der Waals surface area contributed by atoms with Crippen LogP contribution in [0.15, 0.2) is 0 Å². The van der Waals surface area contributed by atoms with Crippen LogP contribution < -0.4 is 44.6 Å². The van der Waals surface area contributed by atoms with Crippen molar-refractivity contribution in [2.45, 2.75) is 110 Å². The van der Waals surface area contributed by atoms with E-state index in [1.54, 1.807) is 13.8 Å². The van der Waals surface area contributed by atoms with Gasteiger partial charge in [-0.15, -0.1) is 0 Å². The Bertz CT molecular complexity index is 1780. The third kappa shape index (κ3) is 27.2. The molecule has 27 heteroatoms. The van der Waals surface area contributed by atoms with Gasteiger partial charge in [-0.25, -0.2) is 4.79 Å². The van der Waals surface area contributed by atoms with E-state index in [1.165, 1.54) is 0 Å². The number of carbonyl (C=O) groups is 13. The summed E-state index contributed by atoms with van der Waals surface area (Å²) in [5.74, 6) is -10.5. The molecule has 0 saturated heterocycles. The van der Waals surface area contributed by atoms with Crippen molar-refractivity contribution in [3.63, 3.8) is 0 Å². The molecule has 0 aromatic carbocycles. The number of ketones is 1. The lowest BCUT2D eigenvalue weighted by Crippen LogP contribution is -2.54. The molecule has 11 amide bonds. The number of hydrogen-bond donors (Lipinski definition) is 10. The first-order valence-corrected chi connectivity index (χ1v) is 21.4. The average Bonchev–Trinajstić information content (AvgIpc) is 3.21. The fourth-order valence-electron chi connectivity index (χ4n) is 6.40. The molecule has 0 spiro atoms. The number of amides is 11. The monoisotopic (exact) mass is 956 g/mol. The van der Waals surface area contributed by atoms with E-state index < -0.39 is 166 Å². The minimum atomic E-state index is -1.57. The molecule has 0 aromatic heterocycles. The van der Waals surface area contributed by atoms with Crippen LogP contribution in [0.5, 0.6) is 0 Å². The molecule has 0 saturated carbocycles. The molecule has 0 aromatic rings. The van der Waals surface area contributed by atoms with E-state index in [1.807, 2.05) is 13.8 Å². The Kier molecular flexibility index (Phi) is 27.9. The van der Waals surface area contributed by atoms with Crippen molar-refractivity contribution < 1.29 is 72.5 Å². The molecule has 0 rings (SSSR count). The van der Waals surface area contributed by atoms with Crippen molar-refractivity contribution in [2.24, 2.45) is 40.5 Å². The molecule has 0 fully saturated rings. The first kappa shape index (κ1) is 60.1. The zero-order chi connectivity index (χ0) is 51.6. The lowest BCUT2D eigenvalue weighted by atomic mass is 9.97. The van der Waals surface area contributed by atoms with Crippen molar-refractivity contribution in [1.82, 2.24) is 35.6 Å². The van der Waals surface area contributed by atoms with Crippen LogP contribution in [0.4, 0.5) is 4.79 Å². The van der Waals surface area contributed by atoms with Gasteiger partial charge in [-0.05, 0) is 38.0 Å². The SMILES string of the molecule is CCC(C)C(=O)[C@H](N)CN(CC(=O)N[C@@H](CCC(N)=O)CN(C=O)CC(=O)N[C@@H](CCC(N)=O)CN(CC(=O)N[C@@H](CCC(C)C)CN(CC(=O)O)C(=O)O)C(=O)CC(N)=O)C(=O)CC(N)=O. The number of carboxylic acid groups (broad SMARTS) is 2. The van der Waals surface area contributed by atoms with Crippen LogP contribution in [-0.2, 0) is 57.5 Å². The summed E-state index contributed by atoms with van der Waals surface area (Å²) in [6.45, 7) is 2.08. The first-order chi connectivity index (χ1) is 31.2. The smallest absolute Gasteiger partial charge is 0.407 e. The molecule has 378 valence electrons. The van der Waals surface area contributed by atoms with Crippen LogP contribution in [0.2, 0.25) is 0 Å². The summed E-state index contributed by atoms with van der Waals surface area (Å²) in [5.41, 5.74) is 27.1. The highest BCUT2D eigenvalue weighted by Gasteiger charge is 2.30. The average molecular weight is 957 g/mol. The van der Waals surface area contributed by atoms with Crippen LogP contribution in [0.3, 0.4) is 0 Å². The second-order valence-corrected chi connectivity index (χ2v) is 16.5.